The number of rotatable bonds is 1. The van der Waals surface area contributed by atoms with Crippen LogP contribution in [0.15, 0.2) is 11.3 Å². The third-order valence-electron chi connectivity index (χ3n) is 7.73. The first-order valence-corrected chi connectivity index (χ1v) is 9.56. The zero-order valence-corrected chi connectivity index (χ0v) is 14.2. The molecule has 0 spiro atoms. The van der Waals surface area contributed by atoms with Crippen LogP contribution in [0.4, 0.5) is 0 Å². The van der Waals surface area contributed by atoms with E-state index in [1.165, 1.54) is 38.5 Å². The maximum Gasteiger partial charge on any atom is 0.197 e. The van der Waals surface area contributed by atoms with E-state index < -0.39 is 0 Å². The summed E-state index contributed by atoms with van der Waals surface area (Å²) in [5, 5.41) is 10.4. The predicted octanol–water partition coefficient (Wildman–Crippen LogP) is 4.65. The Labute approximate surface area is 139 Å². The highest BCUT2D eigenvalue weighted by Crippen LogP contribution is 2.62. The second-order valence-corrected chi connectivity index (χ2v) is 8.39. The molecule has 2 nitrogen and oxygen atoms in total. The molecule has 23 heavy (non-hydrogen) atoms. The lowest BCUT2D eigenvalue weighted by atomic mass is 9.49. The Hall–Kier alpha value is -1.23. The lowest BCUT2D eigenvalue weighted by Gasteiger charge is -2.55. The van der Waals surface area contributed by atoms with E-state index in [0.717, 1.165) is 30.3 Å². The van der Waals surface area contributed by atoms with Crippen LogP contribution in [0.1, 0.15) is 64.7 Å². The molecule has 3 fully saturated rings. The standard InChI is InChI=1S/C21H28O2/c1-3-21(4-2)12-17-14-8-6-5-7-13(14)9-10-15(17)16-11-18(22)20(23)19(16)21/h1,13-17,23H,4-12H2,2H3/t13?,14-,15-,16-,17+,21?/m0/s1. The van der Waals surface area contributed by atoms with Gasteiger partial charge in [-0.2, -0.15) is 0 Å². The first-order valence-electron chi connectivity index (χ1n) is 9.56. The molecule has 3 saturated carbocycles. The van der Waals surface area contributed by atoms with Crippen molar-refractivity contribution >= 4 is 5.78 Å². The van der Waals surface area contributed by atoms with E-state index in [9.17, 15) is 9.90 Å². The molecule has 0 bridgehead atoms. The molecule has 0 aromatic heterocycles. The smallest absolute Gasteiger partial charge is 0.197 e. The Kier molecular flexibility index (Phi) is 3.59. The summed E-state index contributed by atoms with van der Waals surface area (Å²) in [7, 11) is 0. The van der Waals surface area contributed by atoms with Gasteiger partial charge in [-0.1, -0.05) is 32.1 Å². The summed E-state index contributed by atoms with van der Waals surface area (Å²) in [6.45, 7) is 2.13. The van der Waals surface area contributed by atoms with Crippen molar-refractivity contribution in [2.45, 2.75) is 64.7 Å². The average molecular weight is 312 g/mol. The van der Waals surface area contributed by atoms with Gasteiger partial charge in [-0.25, -0.2) is 0 Å². The molecule has 4 aliphatic carbocycles. The van der Waals surface area contributed by atoms with Gasteiger partial charge >= 0.3 is 0 Å². The quantitative estimate of drug-likeness (QED) is 0.715. The Balaban J connectivity index is 1.76. The molecule has 2 unspecified atom stereocenters. The molecule has 0 amide bonds. The van der Waals surface area contributed by atoms with E-state index in [1.807, 2.05) is 0 Å². The van der Waals surface area contributed by atoms with E-state index in [1.54, 1.807) is 0 Å². The summed E-state index contributed by atoms with van der Waals surface area (Å²) in [4.78, 5) is 12.2. The van der Waals surface area contributed by atoms with Gasteiger partial charge in [0.2, 0.25) is 0 Å². The van der Waals surface area contributed by atoms with Gasteiger partial charge in [-0.15, -0.1) is 6.42 Å². The number of allylic oxidation sites excluding steroid dienone is 2. The third-order valence-corrected chi connectivity index (χ3v) is 7.73. The fourth-order valence-corrected chi connectivity index (χ4v) is 6.66. The van der Waals surface area contributed by atoms with Crippen LogP contribution in [0.25, 0.3) is 0 Å². The molecule has 2 heteroatoms. The minimum atomic E-state index is -0.374. The van der Waals surface area contributed by atoms with Crippen LogP contribution in [0.3, 0.4) is 0 Å². The first kappa shape index (κ1) is 15.3. The zero-order valence-electron chi connectivity index (χ0n) is 14.2. The molecule has 0 radical (unpaired) electrons. The molecular formula is C21H28O2. The predicted molar refractivity (Wildman–Crippen MR) is 90.6 cm³/mol. The van der Waals surface area contributed by atoms with Gasteiger partial charge in [0.25, 0.3) is 0 Å². The van der Waals surface area contributed by atoms with Crippen LogP contribution in [0.5, 0.6) is 0 Å². The van der Waals surface area contributed by atoms with Gasteiger partial charge in [0.1, 0.15) is 0 Å². The molecule has 0 saturated heterocycles. The number of carbonyl (C=O) groups is 1. The number of hydrogen-bond donors (Lipinski definition) is 1. The molecular weight excluding hydrogens is 284 g/mol. The van der Waals surface area contributed by atoms with Crippen molar-refractivity contribution in [2.24, 2.45) is 35.0 Å². The SMILES string of the molecule is C#CC1(CC)C[C@H]2[C@@H](CCC3CCCC[C@@H]32)[C@@H]2CC(=O)C(O)=C21. The number of aliphatic hydroxyl groups excluding tert-OH is 1. The normalized spacial score (nSPS) is 45.9. The Morgan fingerprint density at radius 2 is 1.96 bits per heavy atom. The van der Waals surface area contributed by atoms with E-state index in [0.29, 0.717) is 18.3 Å². The summed E-state index contributed by atoms with van der Waals surface area (Å²) >= 11 is 0. The number of Topliss-reactive ketones (excluding diaryl/α,β-unsaturated/α-hetero) is 1. The second-order valence-electron chi connectivity index (χ2n) is 8.39. The fraction of sp³-hybridized carbons (Fsp3) is 0.762. The monoisotopic (exact) mass is 312 g/mol. The summed E-state index contributed by atoms with van der Waals surface area (Å²) < 4.78 is 0. The Bertz CT molecular complexity index is 595. The van der Waals surface area contributed by atoms with Gasteiger partial charge in [-0.3, -0.25) is 4.79 Å². The summed E-state index contributed by atoms with van der Waals surface area (Å²) in [5.74, 6) is 6.16. The Morgan fingerprint density at radius 1 is 1.17 bits per heavy atom. The van der Waals surface area contributed by atoms with E-state index in [-0.39, 0.29) is 22.9 Å². The average Bonchev–Trinajstić information content (AvgIpc) is 2.90. The summed E-state index contributed by atoms with van der Waals surface area (Å²) in [6.07, 6.45) is 16.4. The van der Waals surface area contributed by atoms with Crippen molar-refractivity contribution in [3.05, 3.63) is 11.3 Å². The number of fused-ring (bicyclic) bond motifs is 5. The zero-order chi connectivity index (χ0) is 16.2. The van der Waals surface area contributed by atoms with Crippen LogP contribution < -0.4 is 0 Å². The third kappa shape index (κ3) is 2.05. The molecule has 6 atom stereocenters. The van der Waals surface area contributed by atoms with Gasteiger partial charge < -0.3 is 5.11 Å². The van der Waals surface area contributed by atoms with Crippen LogP contribution in [-0.2, 0) is 4.79 Å². The first-order chi connectivity index (χ1) is 11.1. The van der Waals surface area contributed by atoms with Crippen LogP contribution >= 0.6 is 0 Å². The number of aliphatic hydroxyl groups is 1. The number of hydrogen-bond acceptors (Lipinski definition) is 2. The van der Waals surface area contributed by atoms with E-state index in [2.05, 4.69) is 12.8 Å². The van der Waals surface area contributed by atoms with Crippen LogP contribution in [0, 0.1) is 47.3 Å². The highest BCUT2D eigenvalue weighted by Gasteiger charge is 2.57. The highest BCUT2D eigenvalue weighted by atomic mass is 16.3. The maximum absolute atomic E-state index is 12.2. The molecule has 124 valence electrons. The molecule has 0 aromatic carbocycles. The topological polar surface area (TPSA) is 37.3 Å². The van der Waals surface area contributed by atoms with Crippen molar-refractivity contribution in [3.8, 4) is 12.3 Å². The number of carbonyl (C=O) groups excluding carboxylic acids is 1. The highest BCUT2D eigenvalue weighted by molar-refractivity contribution is 5.97. The summed E-state index contributed by atoms with van der Waals surface area (Å²) in [6, 6.07) is 0. The van der Waals surface area contributed by atoms with Crippen LogP contribution in [0.2, 0.25) is 0 Å². The second kappa shape index (κ2) is 5.40. The number of ketones is 1. The van der Waals surface area contributed by atoms with Gasteiger partial charge in [0.05, 0.1) is 5.41 Å². The van der Waals surface area contributed by atoms with Crippen molar-refractivity contribution in [3.63, 3.8) is 0 Å². The lowest BCUT2D eigenvalue weighted by Crippen LogP contribution is -2.47. The molecule has 0 heterocycles. The fourth-order valence-electron chi connectivity index (χ4n) is 6.66. The van der Waals surface area contributed by atoms with Crippen molar-refractivity contribution in [2.75, 3.05) is 0 Å². The Morgan fingerprint density at radius 3 is 2.70 bits per heavy atom. The number of terminal acetylenes is 1. The van der Waals surface area contributed by atoms with Gasteiger partial charge in [0, 0.05) is 6.42 Å². The van der Waals surface area contributed by atoms with Crippen molar-refractivity contribution < 1.29 is 9.90 Å². The lowest BCUT2D eigenvalue weighted by molar-refractivity contribution is -0.118. The van der Waals surface area contributed by atoms with Gasteiger partial charge in [0.15, 0.2) is 11.5 Å². The van der Waals surface area contributed by atoms with Gasteiger partial charge in [-0.05, 0) is 67.3 Å². The summed E-state index contributed by atoms with van der Waals surface area (Å²) in [5.41, 5.74) is 0.574. The van der Waals surface area contributed by atoms with Crippen molar-refractivity contribution in [1.82, 2.24) is 0 Å². The molecule has 1 N–H and O–H groups in total. The molecule has 4 rings (SSSR count). The van der Waals surface area contributed by atoms with E-state index >= 15 is 0 Å². The van der Waals surface area contributed by atoms with Crippen molar-refractivity contribution in [1.29, 1.82) is 0 Å². The van der Waals surface area contributed by atoms with Crippen LogP contribution in [-0.4, -0.2) is 10.9 Å². The molecule has 0 aromatic rings. The largest absolute Gasteiger partial charge is 0.504 e. The molecule has 4 aliphatic rings. The minimum Gasteiger partial charge on any atom is -0.504 e. The molecule has 0 aliphatic heterocycles. The van der Waals surface area contributed by atoms with E-state index in [4.69, 9.17) is 6.42 Å². The minimum absolute atomic E-state index is 0.0269. The maximum atomic E-state index is 12.2.